The number of nitrogens with two attached hydrogens (primary N) is 1. The number of rotatable bonds is 5. The predicted molar refractivity (Wildman–Crippen MR) is 124 cm³/mol. The summed E-state index contributed by atoms with van der Waals surface area (Å²) in [6.07, 6.45) is 3.77. The monoisotopic (exact) mass is 428 g/mol. The Balaban J connectivity index is 1.42. The zero-order chi connectivity index (χ0) is 22.2. The minimum Gasteiger partial charge on any atom is -0.384 e. The second-order valence-electron chi connectivity index (χ2n) is 8.06. The average molecular weight is 429 g/mol. The summed E-state index contributed by atoms with van der Waals surface area (Å²) in [5.41, 5.74) is 10.3. The number of carbonyl (C=O) groups excluding carboxylic acids is 1. The van der Waals surface area contributed by atoms with Crippen LogP contribution < -0.4 is 16.0 Å². The molecule has 2 amide bonds. The maximum absolute atomic E-state index is 12.9. The van der Waals surface area contributed by atoms with Crippen molar-refractivity contribution in [2.24, 2.45) is 0 Å². The zero-order valence-electron chi connectivity index (χ0n) is 18.0. The van der Waals surface area contributed by atoms with Crippen molar-refractivity contribution in [3.05, 3.63) is 65.9 Å². The first-order valence-corrected chi connectivity index (χ1v) is 10.5. The lowest BCUT2D eigenvalue weighted by Crippen LogP contribution is -2.32. The van der Waals surface area contributed by atoms with E-state index in [1.54, 1.807) is 13.1 Å². The number of hydrogen-bond donors (Lipinski definition) is 2. The van der Waals surface area contributed by atoms with Gasteiger partial charge in [0.05, 0.1) is 29.1 Å². The third-order valence-corrected chi connectivity index (χ3v) is 5.65. The first-order valence-electron chi connectivity index (χ1n) is 10.5. The molecule has 4 aromatic rings. The van der Waals surface area contributed by atoms with Crippen molar-refractivity contribution in [2.75, 3.05) is 23.0 Å². The van der Waals surface area contributed by atoms with Gasteiger partial charge in [0.15, 0.2) is 0 Å². The van der Waals surface area contributed by atoms with Gasteiger partial charge in [-0.15, -0.1) is 0 Å². The summed E-state index contributed by atoms with van der Waals surface area (Å²) in [5.74, 6) is 1.32. The van der Waals surface area contributed by atoms with Crippen molar-refractivity contribution < 1.29 is 4.79 Å². The van der Waals surface area contributed by atoms with E-state index >= 15 is 0 Å². The van der Waals surface area contributed by atoms with Gasteiger partial charge in [-0.3, -0.25) is 14.6 Å². The first-order chi connectivity index (χ1) is 15.5. The summed E-state index contributed by atoms with van der Waals surface area (Å²) < 4.78 is 1.94. The molecule has 162 valence electrons. The number of urea groups is 1. The van der Waals surface area contributed by atoms with Crippen LogP contribution in [0.1, 0.15) is 35.8 Å². The molecule has 0 bridgehead atoms. The quantitative estimate of drug-likeness (QED) is 0.501. The fraction of sp³-hybridized carbons (Fsp3) is 0.261. The van der Waals surface area contributed by atoms with Crippen molar-refractivity contribution in [3.63, 3.8) is 0 Å². The number of benzene rings is 1. The number of aromatic nitrogens is 5. The predicted octanol–water partition coefficient (Wildman–Crippen LogP) is 3.71. The maximum atomic E-state index is 12.9. The van der Waals surface area contributed by atoms with Gasteiger partial charge in [-0.05, 0) is 44.0 Å². The van der Waals surface area contributed by atoms with Crippen molar-refractivity contribution in [1.29, 1.82) is 0 Å². The fourth-order valence-corrected chi connectivity index (χ4v) is 3.84. The van der Waals surface area contributed by atoms with E-state index in [1.807, 2.05) is 35.9 Å². The molecule has 1 fully saturated rings. The molecule has 9 heteroatoms. The molecule has 0 atom stereocenters. The molecule has 1 aromatic carbocycles. The summed E-state index contributed by atoms with van der Waals surface area (Å²) in [7, 11) is 1.63. The van der Waals surface area contributed by atoms with E-state index in [0.29, 0.717) is 29.8 Å². The van der Waals surface area contributed by atoms with Gasteiger partial charge in [0.1, 0.15) is 18.0 Å². The molecule has 1 aliphatic rings. The van der Waals surface area contributed by atoms with Gasteiger partial charge < -0.3 is 11.1 Å². The smallest absolute Gasteiger partial charge is 0.327 e. The normalized spacial score (nSPS) is 13.3. The molecular weight excluding hydrogens is 404 g/mol. The van der Waals surface area contributed by atoms with E-state index in [2.05, 4.69) is 27.4 Å². The number of hydrogen-bond acceptors (Lipinski definition) is 6. The molecule has 3 heterocycles. The lowest BCUT2D eigenvalue weighted by molar-refractivity contribution is 0.258. The topological polar surface area (TPSA) is 115 Å². The lowest BCUT2D eigenvalue weighted by Gasteiger charge is -2.17. The number of fused-ring (bicyclic) bond motifs is 1. The molecule has 0 aliphatic heterocycles. The standard InChI is InChI=1S/C23H24N8O/c1-14-22-18(28-23(32)30(2)21-11-20(24)25-13-26-21)7-4-8-19(22)31(29-14)12-16-5-3-6-17(27-16)15-9-10-15/h3-8,11,13,15H,9-10,12H2,1-2H3,(H,28,32)(H2,24,25,26). The molecular formula is C23H24N8O. The van der Waals surface area contributed by atoms with Gasteiger partial charge in [-0.2, -0.15) is 5.10 Å². The van der Waals surface area contributed by atoms with Crippen LogP contribution in [0.3, 0.4) is 0 Å². The second-order valence-corrected chi connectivity index (χ2v) is 8.06. The van der Waals surface area contributed by atoms with Crippen LogP contribution in [0.15, 0.2) is 48.8 Å². The average Bonchev–Trinajstić information content (AvgIpc) is 3.59. The number of nitrogens with one attached hydrogen (secondary N) is 1. The summed E-state index contributed by atoms with van der Waals surface area (Å²) >= 11 is 0. The minimum atomic E-state index is -0.332. The van der Waals surface area contributed by atoms with Crippen LogP contribution in [0.4, 0.5) is 22.1 Å². The van der Waals surface area contributed by atoms with E-state index in [9.17, 15) is 4.79 Å². The lowest BCUT2D eigenvalue weighted by atomic mass is 10.1. The number of nitrogens with zero attached hydrogens (tertiary/aromatic N) is 6. The highest BCUT2D eigenvalue weighted by molar-refractivity contribution is 6.07. The highest BCUT2D eigenvalue weighted by Gasteiger charge is 2.25. The number of aryl methyl sites for hydroxylation is 1. The van der Waals surface area contributed by atoms with Crippen LogP contribution in [-0.2, 0) is 6.54 Å². The van der Waals surface area contributed by atoms with Crippen LogP contribution in [-0.4, -0.2) is 37.8 Å². The molecule has 0 unspecified atom stereocenters. The van der Waals surface area contributed by atoms with Crippen LogP contribution >= 0.6 is 0 Å². The molecule has 3 N–H and O–H groups in total. The molecule has 3 aromatic heterocycles. The van der Waals surface area contributed by atoms with E-state index in [1.165, 1.54) is 24.1 Å². The van der Waals surface area contributed by atoms with Crippen molar-refractivity contribution in [3.8, 4) is 0 Å². The van der Waals surface area contributed by atoms with Gasteiger partial charge in [0.25, 0.3) is 0 Å². The van der Waals surface area contributed by atoms with E-state index in [4.69, 9.17) is 15.8 Å². The molecule has 0 saturated heterocycles. The third kappa shape index (κ3) is 3.84. The molecule has 9 nitrogen and oxygen atoms in total. The van der Waals surface area contributed by atoms with Gasteiger partial charge in [-0.1, -0.05) is 12.1 Å². The Morgan fingerprint density at radius 1 is 1.22 bits per heavy atom. The Bertz CT molecular complexity index is 1310. The Labute approximate surface area is 185 Å². The van der Waals surface area contributed by atoms with Crippen LogP contribution in [0.2, 0.25) is 0 Å². The van der Waals surface area contributed by atoms with Crippen LogP contribution in [0, 0.1) is 6.92 Å². The fourth-order valence-electron chi connectivity index (χ4n) is 3.84. The maximum Gasteiger partial charge on any atom is 0.327 e. The highest BCUT2D eigenvalue weighted by atomic mass is 16.2. The Morgan fingerprint density at radius 2 is 2.03 bits per heavy atom. The van der Waals surface area contributed by atoms with E-state index in [0.717, 1.165) is 28.0 Å². The number of pyridine rings is 1. The van der Waals surface area contributed by atoms with Crippen molar-refractivity contribution >= 4 is 34.3 Å². The Kier molecular flexibility index (Phi) is 4.93. The molecule has 1 saturated carbocycles. The summed E-state index contributed by atoms with van der Waals surface area (Å²) in [6, 6.07) is 13.2. The number of amides is 2. The van der Waals surface area contributed by atoms with Gasteiger partial charge in [-0.25, -0.2) is 14.8 Å². The number of nitrogen functional groups attached to an aromatic ring is 1. The Hall–Kier alpha value is -4.01. The number of carbonyl (C=O) groups is 1. The molecule has 0 radical (unpaired) electrons. The first kappa shape index (κ1) is 19.9. The highest BCUT2D eigenvalue weighted by Crippen LogP contribution is 2.39. The second kappa shape index (κ2) is 7.92. The summed E-state index contributed by atoms with van der Waals surface area (Å²) in [6.45, 7) is 2.51. The largest absolute Gasteiger partial charge is 0.384 e. The Morgan fingerprint density at radius 3 is 2.81 bits per heavy atom. The summed E-state index contributed by atoms with van der Waals surface area (Å²) in [5, 5.41) is 8.60. The summed E-state index contributed by atoms with van der Waals surface area (Å²) in [4.78, 5) is 27.0. The molecule has 1 aliphatic carbocycles. The van der Waals surface area contributed by atoms with Gasteiger partial charge >= 0.3 is 6.03 Å². The van der Waals surface area contributed by atoms with Crippen LogP contribution in [0.25, 0.3) is 10.9 Å². The van der Waals surface area contributed by atoms with Crippen molar-refractivity contribution in [1.82, 2.24) is 24.7 Å². The molecule has 32 heavy (non-hydrogen) atoms. The number of anilines is 3. The van der Waals surface area contributed by atoms with Gasteiger partial charge in [0.2, 0.25) is 0 Å². The van der Waals surface area contributed by atoms with Crippen LogP contribution in [0.5, 0.6) is 0 Å². The SMILES string of the molecule is Cc1nn(Cc2cccc(C3CC3)n2)c2cccc(NC(=O)N(C)c3cc(N)ncn3)c12. The zero-order valence-corrected chi connectivity index (χ0v) is 18.0. The molecule has 5 rings (SSSR count). The van der Waals surface area contributed by atoms with Crippen molar-refractivity contribution in [2.45, 2.75) is 32.2 Å². The molecule has 0 spiro atoms. The minimum absolute atomic E-state index is 0.299. The van der Waals surface area contributed by atoms with Gasteiger partial charge in [0, 0.05) is 30.1 Å². The van der Waals surface area contributed by atoms with E-state index in [-0.39, 0.29) is 6.03 Å². The van der Waals surface area contributed by atoms with E-state index < -0.39 is 0 Å². The third-order valence-electron chi connectivity index (χ3n) is 5.65.